The lowest BCUT2D eigenvalue weighted by Crippen LogP contribution is -2.22. The van der Waals surface area contributed by atoms with Crippen molar-refractivity contribution in [2.24, 2.45) is 35.5 Å². The van der Waals surface area contributed by atoms with Crippen LogP contribution >= 0.6 is 0 Å². The highest BCUT2D eigenvalue weighted by atomic mass is 19.2. The fourth-order valence-electron chi connectivity index (χ4n) is 13.6. The Morgan fingerprint density at radius 3 is 0.496 bits per heavy atom. The monoisotopic (exact) mass is 1770 g/mol. The molecule has 0 N–H and O–H groups in total. The molecule has 0 atom stereocenters. The molecule has 11 aromatic rings. The topological polar surface area (TPSA) is 0 Å². The maximum atomic E-state index is 12.6. The van der Waals surface area contributed by atoms with Gasteiger partial charge in [-0.1, -0.05) is 257 Å². The zero-order chi connectivity index (χ0) is 93.4. The summed E-state index contributed by atoms with van der Waals surface area (Å²) >= 11 is 0. The molecule has 11 aromatic carbocycles. The zero-order valence-electron chi connectivity index (χ0n) is 78.0. The van der Waals surface area contributed by atoms with E-state index in [2.05, 4.69) is 90.1 Å². The van der Waals surface area contributed by atoms with Gasteiger partial charge in [0, 0.05) is 11.1 Å². The van der Waals surface area contributed by atoms with E-state index in [0.29, 0.717) is 66.8 Å². The van der Waals surface area contributed by atoms with E-state index in [0.717, 1.165) is 57.8 Å². The van der Waals surface area contributed by atoms with E-state index in [4.69, 9.17) is 0 Å². The number of hydrogen-bond donors (Lipinski definition) is 0. The lowest BCUT2D eigenvalue weighted by molar-refractivity contribution is 0.168. The van der Waals surface area contributed by atoms with Crippen LogP contribution in [0.5, 0.6) is 0 Å². The molecule has 0 aromatic heterocycles. The summed E-state index contributed by atoms with van der Waals surface area (Å²) in [6.07, 6.45) is 21.7. The van der Waals surface area contributed by atoms with Crippen LogP contribution in [0.2, 0.25) is 0 Å². The minimum Gasteiger partial charge on any atom is -0.207 e. The number of rotatable bonds is 4. The highest BCUT2D eigenvalue weighted by Gasteiger charge is 2.29. The Bertz CT molecular complexity index is 4420. The first-order chi connectivity index (χ1) is 58.1. The molecule has 0 amide bonds. The lowest BCUT2D eigenvalue weighted by Gasteiger charge is -2.35. The Kier molecular flexibility index (Phi) is 55.7. The summed E-state index contributed by atoms with van der Waals surface area (Å²) in [6.45, 7) is 43.2. The van der Waals surface area contributed by atoms with E-state index in [1.165, 1.54) is 164 Å². The SMILES string of the molecule is C.C.C.CC1CCC(CC2CCC(CC3CCC(C)CC3)CC2)CC1.Cc1cc(F)c(C)c(F)c1.Cc1cc(F)c(C)c(F)c1.Cc1cc(F)c(C)cc1F.Cc1ccc(C)c(F)c1.Cc1ccc(C)c(F)c1.Cc1ccc(C)c(F)c1.Cc1ccc(C)c(F)c1.Cc1ccc(C)c(F)c1F.Cc1ccc(C)c(F)c1F.Cc1ccc(C)cc1.Cc1ccc(C)cc1. The molecule has 0 unspecified atom stereocenters. The Labute approximate surface area is 757 Å². The van der Waals surface area contributed by atoms with Gasteiger partial charge in [-0.15, -0.1) is 0 Å². The standard InChI is InChI=1S/C22H40.5C8H8F2.4C8H9F.2C8H10.3CH4/c1-17-3-7-19(8-4-17)15-21-11-13-22(14-12-21)16-20-9-5-18(2)6-10-20;1-5-3-8(10)6(2)4-7(5)9;2*1-5-3-7(9)6(2)8(10)4-5;2*1-5-3-4-6(2)8(10)7(5)9;4*1-6-3-4-7(2)8(9)5-6;2*1-7-3-5-8(2)6-4-7;;;/h17-22H,3-16H2,1-2H3;5*3-4H,1-2H3;4*3-5H,1-2H3;2*3-6H,1-2H3;3*1H4. The zero-order valence-corrected chi connectivity index (χ0v) is 78.0. The smallest absolute Gasteiger partial charge is 0.161 e. The average molecular weight is 1770 g/mol. The van der Waals surface area contributed by atoms with Gasteiger partial charge in [0.2, 0.25) is 0 Å². The Balaban J connectivity index is 0.00000138. The van der Waals surface area contributed by atoms with Crippen LogP contribution in [0.3, 0.4) is 0 Å². The van der Waals surface area contributed by atoms with E-state index >= 15 is 0 Å². The Hall–Kier alpha value is -9.56. The molecule has 0 bridgehead atoms. The van der Waals surface area contributed by atoms with Crippen LogP contribution in [-0.4, -0.2) is 0 Å². The van der Waals surface area contributed by atoms with E-state index < -0.39 is 46.5 Å². The van der Waals surface area contributed by atoms with Crippen molar-refractivity contribution in [2.75, 3.05) is 0 Å². The third-order valence-electron chi connectivity index (χ3n) is 22.5. The summed E-state index contributed by atoms with van der Waals surface area (Å²) < 4.78 is 176. The van der Waals surface area contributed by atoms with Gasteiger partial charge >= 0.3 is 0 Å². The maximum Gasteiger partial charge on any atom is 0.161 e. The van der Waals surface area contributed by atoms with Gasteiger partial charge in [0.25, 0.3) is 0 Å². The molecular weight excluding hydrogens is 1620 g/mol. The molecule has 698 valence electrons. The van der Waals surface area contributed by atoms with Crippen LogP contribution in [0, 0.1) is 269 Å². The first-order valence-corrected chi connectivity index (χ1v) is 43.2. The molecule has 127 heavy (non-hydrogen) atoms. The van der Waals surface area contributed by atoms with Crippen LogP contribution in [0.1, 0.15) is 248 Å². The van der Waals surface area contributed by atoms with Crippen molar-refractivity contribution in [1.82, 2.24) is 0 Å². The fourth-order valence-corrected chi connectivity index (χ4v) is 13.6. The normalized spacial score (nSPS) is 15.4. The van der Waals surface area contributed by atoms with Crippen molar-refractivity contribution in [1.29, 1.82) is 0 Å². The molecule has 0 nitrogen and oxygen atoms in total. The molecule has 14 rings (SSSR count). The van der Waals surface area contributed by atoms with Crippen LogP contribution in [0.4, 0.5) is 61.5 Å². The third kappa shape index (κ3) is 45.8. The first kappa shape index (κ1) is 117. The predicted octanol–water partition coefficient (Wildman–Crippen LogP) is 36.4. The van der Waals surface area contributed by atoms with Crippen molar-refractivity contribution in [3.63, 3.8) is 0 Å². The highest BCUT2D eigenvalue weighted by Crippen LogP contribution is 2.42. The van der Waals surface area contributed by atoms with E-state index in [9.17, 15) is 61.5 Å². The quantitative estimate of drug-likeness (QED) is 0.154. The molecule has 3 saturated carbocycles. The summed E-state index contributed by atoms with van der Waals surface area (Å²) in [4.78, 5) is 0. The van der Waals surface area contributed by atoms with E-state index in [1.54, 1.807) is 154 Å². The second-order valence-corrected chi connectivity index (χ2v) is 34.6. The van der Waals surface area contributed by atoms with Gasteiger partial charge < -0.3 is 0 Å². The molecule has 0 heterocycles. The van der Waals surface area contributed by atoms with Crippen molar-refractivity contribution in [3.8, 4) is 0 Å². The molecule has 0 spiro atoms. The molecule has 3 aliphatic carbocycles. The van der Waals surface area contributed by atoms with Gasteiger partial charge in [0.15, 0.2) is 23.3 Å². The van der Waals surface area contributed by atoms with Gasteiger partial charge in [-0.05, 0) is 350 Å². The molecule has 14 heteroatoms. The number of halogens is 14. The molecule has 0 aliphatic heterocycles. The largest absolute Gasteiger partial charge is 0.207 e. The van der Waals surface area contributed by atoms with Gasteiger partial charge in [-0.3, -0.25) is 0 Å². The Morgan fingerprint density at radius 1 is 0.173 bits per heavy atom. The van der Waals surface area contributed by atoms with Crippen LogP contribution < -0.4 is 0 Å². The van der Waals surface area contributed by atoms with Crippen LogP contribution in [0.15, 0.2) is 182 Å². The molecule has 3 fully saturated rings. The van der Waals surface area contributed by atoms with E-state index in [1.807, 2.05) is 52.0 Å². The summed E-state index contributed by atoms with van der Waals surface area (Å²) in [6, 6.07) is 51.8. The minimum atomic E-state index is -0.736. The molecule has 0 saturated heterocycles. The molecule has 3 aliphatic rings. The third-order valence-corrected chi connectivity index (χ3v) is 22.5. The molecule has 0 radical (unpaired) electrons. The second-order valence-electron chi connectivity index (χ2n) is 34.6. The minimum absolute atomic E-state index is 0. The summed E-state index contributed by atoms with van der Waals surface area (Å²) in [5.74, 6) is 0.422. The summed E-state index contributed by atoms with van der Waals surface area (Å²) in [5.41, 5.74) is 15.5. The number of benzene rings is 11. The second kappa shape index (κ2) is 60.3. The van der Waals surface area contributed by atoms with Gasteiger partial charge in [0.05, 0.1) is 0 Å². The van der Waals surface area contributed by atoms with Crippen molar-refractivity contribution < 1.29 is 61.5 Å². The first-order valence-electron chi connectivity index (χ1n) is 43.2. The highest BCUT2D eigenvalue weighted by molar-refractivity contribution is 5.30. The van der Waals surface area contributed by atoms with Gasteiger partial charge in [-0.2, -0.15) is 0 Å². The van der Waals surface area contributed by atoms with Crippen molar-refractivity contribution in [3.05, 3.63) is 386 Å². The maximum absolute atomic E-state index is 12.6. The lowest BCUT2D eigenvalue weighted by atomic mass is 9.70. The van der Waals surface area contributed by atoms with Gasteiger partial charge in [-0.25, -0.2) is 61.5 Å². The number of aryl methyl sites for hydroxylation is 20. The Morgan fingerprint density at radius 2 is 0.323 bits per heavy atom. The summed E-state index contributed by atoms with van der Waals surface area (Å²) in [7, 11) is 0. The van der Waals surface area contributed by atoms with Gasteiger partial charge in [0.1, 0.15) is 58.2 Å². The predicted molar refractivity (Wildman–Crippen MR) is 512 cm³/mol. The number of hydrogen-bond acceptors (Lipinski definition) is 0. The van der Waals surface area contributed by atoms with Crippen LogP contribution in [-0.2, 0) is 0 Å². The molecular formula is C113H148F14. The fraction of sp³-hybridized carbons (Fsp3) is 0.416. The summed E-state index contributed by atoms with van der Waals surface area (Å²) in [5, 5.41) is 0. The van der Waals surface area contributed by atoms with Crippen molar-refractivity contribution in [2.45, 2.75) is 278 Å². The van der Waals surface area contributed by atoms with Crippen molar-refractivity contribution >= 4 is 0 Å². The van der Waals surface area contributed by atoms with Crippen LogP contribution in [0.25, 0.3) is 0 Å². The van der Waals surface area contributed by atoms with E-state index in [-0.39, 0.29) is 68.3 Å². The average Bonchev–Trinajstić information content (AvgIpc) is 0.867.